The van der Waals surface area contributed by atoms with E-state index in [2.05, 4.69) is 15.7 Å². The number of halogens is 3. The lowest BCUT2D eigenvalue weighted by Gasteiger charge is -2.25. The van der Waals surface area contributed by atoms with Crippen LogP contribution in [0.4, 0.5) is 19.1 Å². The first-order valence-corrected chi connectivity index (χ1v) is 10.6. The molecule has 2 aliphatic heterocycles. The third kappa shape index (κ3) is 5.68. The molecule has 1 unspecified atom stereocenters. The first-order valence-electron chi connectivity index (χ1n) is 10.6. The summed E-state index contributed by atoms with van der Waals surface area (Å²) in [5.74, 6) is -1.89. The van der Waals surface area contributed by atoms with Crippen LogP contribution >= 0.6 is 0 Å². The second-order valence-electron chi connectivity index (χ2n) is 8.10. The first-order chi connectivity index (χ1) is 15.7. The van der Waals surface area contributed by atoms with Crippen molar-refractivity contribution in [3.8, 4) is 5.75 Å². The van der Waals surface area contributed by atoms with Gasteiger partial charge in [-0.3, -0.25) is 9.59 Å². The molecule has 9 nitrogen and oxygen atoms in total. The van der Waals surface area contributed by atoms with Crippen molar-refractivity contribution in [2.75, 3.05) is 37.0 Å². The van der Waals surface area contributed by atoms with Gasteiger partial charge >= 0.3 is 12.1 Å². The van der Waals surface area contributed by atoms with Gasteiger partial charge in [-0.05, 0) is 29.7 Å². The van der Waals surface area contributed by atoms with Crippen LogP contribution in [0.15, 0.2) is 24.4 Å². The zero-order chi connectivity index (χ0) is 23.6. The molecule has 178 valence electrons. The van der Waals surface area contributed by atoms with Gasteiger partial charge in [0.2, 0.25) is 11.9 Å². The summed E-state index contributed by atoms with van der Waals surface area (Å²) in [4.78, 5) is 28.9. The van der Waals surface area contributed by atoms with E-state index in [0.717, 1.165) is 24.7 Å². The number of carboxylic acids is 1. The number of carbonyl (C=O) groups is 2. The van der Waals surface area contributed by atoms with Gasteiger partial charge in [-0.2, -0.15) is 13.2 Å². The highest BCUT2D eigenvalue weighted by molar-refractivity contribution is 5.84. The monoisotopic (exact) mass is 467 g/mol. The predicted molar refractivity (Wildman–Crippen MR) is 112 cm³/mol. The quantitative estimate of drug-likeness (QED) is 0.572. The summed E-state index contributed by atoms with van der Waals surface area (Å²) in [7, 11) is 0. The maximum absolute atomic E-state index is 13.1. The van der Waals surface area contributed by atoms with Crippen molar-refractivity contribution in [3.63, 3.8) is 0 Å². The molecule has 0 spiro atoms. The molecule has 33 heavy (non-hydrogen) atoms. The molecule has 1 atom stereocenters. The molecule has 0 bridgehead atoms. The summed E-state index contributed by atoms with van der Waals surface area (Å²) in [6.45, 7) is 0.187. The van der Waals surface area contributed by atoms with Gasteiger partial charge < -0.3 is 25.5 Å². The number of anilines is 1. The number of aliphatic carboxylic acids is 1. The average Bonchev–Trinajstić information content (AvgIpc) is 3.10. The van der Waals surface area contributed by atoms with Crippen LogP contribution in [-0.4, -0.2) is 64.0 Å². The van der Waals surface area contributed by atoms with Crippen molar-refractivity contribution in [2.24, 2.45) is 5.92 Å². The van der Waals surface area contributed by atoms with E-state index in [-0.39, 0.29) is 13.0 Å². The normalized spacial score (nSPS) is 18.0. The zero-order valence-electron chi connectivity index (χ0n) is 17.7. The highest BCUT2D eigenvalue weighted by atomic mass is 19.4. The van der Waals surface area contributed by atoms with E-state index in [1.54, 1.807) is 22.9 Å². The summed E-state index contributed by atoms with van der Waals surface area (Å²) >= 11 is 0. The van der Waals surface area contributed by atoms with Crippen LogP contribution in [0.3, 0.4) is 0 Å². The fraction of sp³-hybridized carbons (Fsp3) is 0.476. The number of carboxylic acid groups (broad SMARTS) is 1. The van der Waals surface area contributed by atoms with Gasteiger partial charge in [-0.15, -0.1) is 0 Å². The second-order valence-corrected chi connectivity index (χ2v) is 8.10. The maximum Gasteiger partial charge on any atom is 0.406 e. The molecule has 2 aromatic rings. The Balaban J connectivity index is 1.46. The highest BCUT2D eigenvalue weighted by Gasteiger charge is 2.38. The van der Waals surface area contributed by atoms with Gasteiger partial charge in [0, 0.05) is 26.1 Å². The van der Waals surface area contributed by atoms with Crippen LogP contribution in [0.1, 0.15) is 23.2 Å². The SMILES string of the molecule is O=C(O)CC1Cc2ccc(OCCc3cn4c(n3)NCCN4)cc2CN(CC(F)(F)F)C1=O. The van der Waals surface area contributed by atoms with Crippen molar-refractivity contribution in [1.29, 1.82) is 0 Å². The van der Waals surface area contributed by atoms with Gasteiger partial charge in [-0.25, -0.2) is 9.66 Å². The Labute approximate surface area is 187 Å². The number of nitrogens with zero attached hydrogens (tertiary/aromatic N) is 3. The lowest BCUT2D eigenvalue weighted by Crippen LogP contribution is -2.41. The van der Waals surface area contributed by atoms with Gasteiger partial charge in [0.25, 0.3) is 0 Å². The smallest absolute Gasteiger partial charge is 0.406 e. The molecule has 1 aromatic heterocycles. The molecule has 2 aliphatic rings. The Morgan fingerprint density at radius 3 is 2.82 bits per heavy atom. The van der Waals surface area contributed by atoms with Gasteiger partial charge in [0.05, 0.1) is 30.8 Å². The molecule has 0 fully saturated rings. The lowest BCUT2D eigenvalue weighted by molar-refractivity contribution is -0.165. The number of aromatic nitrogens is 2. The summed E-state index contributed by atoms with van der Waals surface area (Å²) in [5.41, 5.74) is 5.15. The molecule has 3 N–H and O–H groups in total. The average molecular weight is 467 g/mol. The first kappa shape index (κ1) is 22.7. The summed E-state index contributed by atoms with van der Waals surface area (Å²) in [6.07, 6.45) is -2.65. The zero-order valence-corrected chi connectivity index (χ0v) is 17.7. The number of benzene rings is 1. The Morgan fingerprint density at radius 1 is 1.27 bits per heavy atom. The van der Waals surface area contributed by atoms with E-state index < -0.39 is 36.9 Å². The van der Waals surface area contributed by atoms with Crippen molar-refractivity contribution in [3.05, 3.63) is 41.2 Å². The number of alkyl halides is 3. The van der Waals surface area contributed by atoms with E-state index in [1.807, 2.05) is 6.20 Å². The number of fused-ring (bicyclic) bond motifs is 2. The number of hydrogen-bond acceptors (Lipinski definition) is 6. The van der Waals surface area contributed by atoms with Gasteiger partial charge in [0.1, 0.15) is 12.3 Å². The van der Waals surface area contributed by atoms with Gasteiger partial charge in [-0.1, -0.05) is 6.07 Å². The maximum atomic E-state index is 13.1. The summed E-state index contributed by atoms with van der Waals surface area (Å²) in [6, 6.07) is 4.99. The molecule has 12 heteroatoms. The molecular formula is C21H24F3N5O4. The lowest BCUT2D eigenvalue weighted by atomic mass is 9.94. The van der Waals surface area contributed by atoms with E-state index in [9.17, 15) is 22.8 Å². The minimum absolute atomic E-state index is 0.0648. The number of carbonyl (C=O) groups excluding carboxylic acids is 1. The predicted octanol–water partition coefficient (Wildman–Crippen LogP) is 2.01. The van der Waals surface area contributed by atoms with E-state index in [1.165, 1.54) is 0 Å². The topological polar surface area (TPSA) is 109 Å². The number of nitrogens with one attached hydrogen (secondary N) is 2. The van der Waals surface area contributed by atoms with Crippen molar-refractivity contribution in [1.82, 2.24) is 14.6 Å². The van der Waals surface area contributed by atoms with Crippen LogP contribution in [0.5, 0.6) is 5.75 Å². The Hall–Kier alpha value is -3.44. The van der Waals surface area contributed by atoms with Crippen molar-refractivity contribution in [2.45, 2.75) is 32.0 Å². The summed E-state index contributed by atoms with van der Waals surface area (Å²) in [5, 5.41) is 12.3. The molecule has 1 amide bonds. The van der Waals surface area contributed by atoms with Crippen molar-refractivity contribution >= 4 is 17.8 Å². The largest absolute Gasteiger partial charge is 0.493 e. The Kier molecular flexibility index (Phi) is 6.34. The van der Waals surface area contributed by atoms with E-state index in [0.29, 0.717) is 34.8 Å². The number of hydrogen-bond donors (Lipinski definition) is 3. The van der Waals surface area contributed by atoms with E-state index >= 15 is 0 Å². The minimum Gasteiger partial charge on any atom is -0.493 e. The van der Waals surface area contributed by atoms with Crippen LogP contribution in [0, 0.1) is 5.92 Å². The molecule has 0 aliphatic carbocycles. The van der Waals surface area contributed by atoms with E-state index in [4.69, 9.17) is 9.84 Å². The van der Waals surface area contributed by atoms with Crippen LogP contribution in [-0.2, 0) is 29.0 Å². The van der Waals surface area contributed by atoms with Gasteiger partial charge in [0.15, 0.2) is 0 Å². The number of imidazole rings is 1. The number of ether oxygens (including phenoxy) is 1. The number of rotatable bonds is 7. The molecule has 0 saturated carbocycles. The van der Waals surface area contributed by atoms with Crippen LogP contribution in [0.25, 0.3) is 0 Å². The molecule has 4 rings (SSSR count). The Bertz CT molecular complexity index is 1020. The molecular weight excluding hydrogens is 443 g/mol. The van der Waals surface area contributed by atoms with Crippen LogP contribution < -0.4 is 15.5 Å². The standard InChI is InChI=1S/C21H24F3N5O4/c22-21(23,24)12-28-10-15-8-17(2-1-13(15)7-14(19(28)32)9-18(30)31)33-6-3-16-11-29-20(27-16)25-4-5-26-29/h1-2,8,11,14,26H,3-7,9-10,12H2,(H,25,27)(H,30,31). The third-order valence-electron chi connectivity index (χ3n) is 5.53. The fourth-order valence-electron chi connectivity index (χ4n) is 4.07. The molecule has 0 radical (unpaired) electrons. The second kappa shape index (κ2) is 9.20. The fourth-order valence-corrected chi connectivity index (χ4v) is 4.07. The van der Waals surface area contributed by atoms with Crippen LogP contribution in [0.2, 0.25) is 0 Å². The Morgan fingerprint density at radius 2 is 2.09 bits per heavy atom. The van der Waals surface area contributed by atoms with Crippen molar-refractivity contribution < 1.29 is 32.6 Å². The molecule has 1 aromatic carbocycles. The molecule has 0 saturated heterocycles. The number of amides is 1. The highest BCUT2D eigenvalue weighted by Crippen LogP contribution is 2.30. The molecule has 3 heterocycles. The minimum atomic E-state index is -4.59. The third-order valence-corrected chi connectivity index (χ3v) is 5.53. The summed E-state index contributed by atoms with van der Waals surface area (Å²) < 4.78 is 46.8.